The molecule has 2 N–H and O–H groups in total. The van der Waals surface area contributed by atoms with E-state index >= 15 is 0 Å². The molecule has 0 amide bonds. The summed E-state index contributed by atoms with van der Waals surface area (Å²) >= 11 is 0. The van der Waals surface area contributed by atoms with Crippen molar-refractivity contribution in [2.24, 2.45) is 10.9 Å². The van der Waals surface area contributed by atoms with Crippen LogP contribution in [0.25, 0.3) is 0 Å². The number of hydrogen-bond donors (Lipinski definition) is 2. The zero-order valence-corrected chi connectivity index (χ0v) is 17.5. The highest BCUT2D eigenvalue weighted by Crippen LogP contribution is 2.26. The van der Waals surface area contributed by atoms with Gasteiger partial charge < -0.3 is 20.1 Å². The topological polar surface area (TPSA) is 75.2 Å². The van der Waals surface area contributed by atoms with Crippen molar-refractivity contribution in [2.75, 3.05) is 46.9 Å². The number of rotatable bonds is 9. The second kappa shape index (κ2) is 11.5. The van der Waals surface area contributed by atoms with Crippen molar-refractivity contribution in [1.82, 2.24) is 15.5 Å². The van der Waals surface area contributed by atoms with Crippen molar-refractivity contribution >= 4 is 11.9 Å². The molecule has 2 atom stereocenters. The minimum absolute atomic E-state index is 0.243. The largest absolute Gasteiger partial charge is 0.497 e. The van der Waals surface area contributed by atoms with Crippen LogP contribution in [0.5, 0.6) is 5.75 Å². The van der Waals surface area contributed by atoms with Crippen molar-refractivity contribution in [3.8, 4) is 5.75 Å². The van der Waals surface area contributed by atoms with Gasteiger partial charge in [-0.15, -0.1) is 0 Å². The molecule has 2 rings (SSSR count). The lowest BCUT2D eigenvalue weighted by Gasteiger charge is -2.29. The summed E-state index contributed by atoms with van der Waals surface area (Å²) in [6.45, 7) is 7.95. The number of aliphatic imine (C=N–C) groups is 1. The van der Waals surface area contributed by atoms with E-state index in [1.807, 2.05) is 26.0 Å². The lowest BCUT2D eigenvalue weighted by atomic mass is 10.1. The van der Waals surface area contributed by atoms with E-state index in [9.17, 15) is 4.79 Å². The molecule has 0 aromatic heterocycles. The first-order valence-electron chi connectivity index (χ1n) is 10.1. The predicted molar refractivity (Wildman–Crippen MR) is 112 cm³/mol. The molecule has 2 unspecified atom stereocenters. The maximum atomic E-state index is 11.6. The number of methoxy groups -OCH3 is 2. The Morgan fingerprint density at radius 1 is 1.18 bits per heavy atom. The van der Waals surface area contributed by atoms with Crippen LogP contribution in [0.1, 0.15) is 38.3 Å². The number of carbonyl (C=O) groups is 1. The molecular weight excluding hydrogens is 356 g/mol. The lowest BCUT2D eigenvalue weighted by molar-refractivity contribution is -0.144. The van der Waals surface area contributed by atoms with Gasteiger partial charge in [0, 0.05) is 13.1 Å². The number of esters is 1. The minimum atomic E-state index is -0.267. The fraction of sp³-hybridized carbons (Fsp3) is 0.619. The van der Waals surface area contributed by atoms with E-state index in [1.54, 1.807) is 7.11 Å². The summed E-state index contributed by atoms with van der Waals surface area (Å²) in [7, 11) is 3.09. The smallest absolute Gasteiger partial charge is 0.310 e. The quantitative estimate of drug-likeness (QED) is 0.383. The van der Waals surface area contributed by atoms with Crippen LogP contribution in [0.3, 0.4) is 0 Å². The minimum Gasteiger partial charge on any atom is -0.497 e. The summed E-state index contributed by atoms with van der Waals surface area (Å²) in [4.78, 5) is 18.7. The van der Waals surface area contributed by atoms with E-state index in [1.165, 1.54) is 25.5 Å². The van der Waals surface area contributed by atoms with Gasteiger partial charge in [0.05, 0.1) is 32.7 Å². The average molecular weight is 391 g/mol. The molecule has 0 bridgehead atoms. The number of ether oxygens (including phenoxy) is 2. The van der Waals surface area contributed by atoms with Gasteiger partial charge in [-0.25, -0.2) is 0 Å². The molecule has 7 heteroatoms. The molecule has 7 nitrogen and oxygen atoms in total. The van der Waals surface area contributed by atoms with Crippen molar-refractivity contribution in [1.29, 1.82) is 0 Å². The van der Waals surface area contributed by atoms with Crippen LogP contribution in [0.15, 0.2) is 29.3 Å². The molecule has 0 aliphatic carbocycles. The van der Waals surface area contributed by atoms with Gasteiger partial charge in [-0.05, 0) is 50.6 Å². The van der Waals surface area contributed by atoms with Crippen LogP contribution in [0.4, 0.5) is 0 Å². The average Bonchev–Trinajstić information content (AvgIpc) is 3.26. The Hall–Kier alpha value is -2.28. The second-order valence-electron chi connectivity index (χ2n) is 7.06. The standard InChI is InChI=1S/C21H34N4O3/c1-5-22-21(23-14-16(2)20(26)28-4)24-15-19(25-12-6-7-13-25)17-8-10-18(27-3)11-9-17/h8-11,16,19H,5-7,12-15H2,1-4H3,(H2,22,23,24). The predicted octanol–water partition coefficient (Wildman–Crippen LogP) is 2.20. The molecule has 28 heavy (non-hydrogen) atoms. The van der Waals surface area contributed by atoms with E-state index in [0.717, 1.165) is 37.9 Å². The van der Waals surface area contributed by atoms with Gasteiger partial charge in [-0.3, -0.25) is 14.7 Å². The Labute approximate surface area is 168 Å². The highest BCUT2D eigenvalue weighted by molar-refractivity contribution is 5.80. The van der Waals surface area contributed by atoms with Crippen LogP contribution in [-0.2, 0) is 9.53 Å². The molecular formula is C21H34N4O3. The van der Waals surface area contributed by atoms with Gasteiger partial charge >= 0.3 is 5.97 Å². The Bertz CT molecular complexity index is 627. The molecule has 1 aromatic carbocycles. The number of hydrogen-bond acceptors (Lipinski definition) is 5. The zero-order chi connectivity index (χ0) is 20.4. The fourth-order valence-corrected chi connectivity index (χ4v) is 3.38. The van der Waals surface area contributed by atoms with Gasteiger partial charge in [0.1, 0.15) is 5.75 Å². The van der Waals surface area contributed by atoms with E-state index in [0.29, 0.717) is 6.54 Å². The zero-order valence-electron chi connectivity index (χ0n) is 17.5. The lowest BCUT2D eigenvalue weighted by Crippen LogP contribution is -2.43. The summed E-state index contributed by atoms with van der Waals surface area (Å²) in [6, 6.07) is 8.54. The second-order valence-corrected chi connectivity index (χ2v) is 7.06. The summed E-state index contributed by atoms with van der Waals surface area (Å²) in [6.07, 6.45) is 2.47. The van der Waals surface area contributed by atoms with Gasteiger partial charge in [0.25, 0.3) is 0 Å². The van der Waals surface area contributed by atoms with E-state index in [4.69, 9.17) is 9.47 Å². The molecule has 1 heterocycles. The van der Waals surface area contributed by atoms with Crippen LogP contribution in [-0.4, -0.2) is 63.8 Å². The van der Waals surface area contributed by atoms with Crippen LogP contribution in [0, 0.1) is 5.92 Å². The number of nitrogens with zero attached hydrogens (tertiary/aromatic N) is 2. The molecule has 1 aliphatic rings. The Morgan fingerprint density at radius 3 is 2.43 bits per heavy atom. The van der Waals surface area contributed by atoms with Crippen molar-refractivity contribution in [2.45, 2.75) is 32.7 Å². The molecule has 1 fully saturated rings. The van der Waals surface area contributed by atoms with Crippen molar-refractivity contribution < 1.29 is 14.3 Å². The third kappa shape index (κ3) is 6.41. The van der Waals surface area contributed by atoms with Crippen molar-refractivity contribution in [3.05, 3.63) is 29.8 Å². The summed E-state index contributed by atoms with van der Waals surface area (Å²) < 4.78 is 10.1. The van der Waals surface area contributed by atoms with Gasteiger partial charge in [-0.2, -0.15) is 0 Å². The Kier molecular flexibility index (Phi) is 9.07. The molecule has 0 radical (unpaired) electrons. The third-order valence-electron chi connectivity index (χ3n) is 5.02. The normalized spacial score (nSPS) is 17.1. The fourth-order valence-electron chi connectivity index (χ4n) is 3.38. The number of nitrogens with one attached hydrogen (secondary N) is 2. The Morgan fingerprint density at radius 2 is 1.86 bits per heavy atom. The van der Waals surface area contributed by atoms with Crippen LogP contribution < -0.4 is 15.4 Å². The van der Waals surface area contributed by atoms with Crippen LogP contribution in [0.2, 0.25) is 0 Å². The van der Waals surface area contributed by atoms with Gasteiger partial charge in [-0.1, -0.05) is 19.1 Å². The summed E-state index contributed by atoms with van der Waals surface area (Å²) in [5.41, 5.74) is 1.26. The molecule has 1 aliphatic heterocycles. The molecule has 0 spiro atoms. The highest BCUT2D eigenvalue weighted by Gasteiger charge is 2.24. The molecule has 0 saturated carbocycles. The van der Waals surface area contributed by atoms with Gasteiger partial charge in [0.15, 0.2) is 5.96 Å². The summed E-state index contributed by atoms with van der Waals surface area (Å²) in [5.74, 6) is 1.07. The molecule has 156 valence electrons. The maximum Gasteiger partial charge on any atom is 0.310 e. The first-order chi connectivity index (χ1) is 13.6. The van der Waals surface area contributed by atoms with Gasteiger partial charge in [0.2, 0.25) is 0 Å². The monoisotopic (exact) mass is 390 g/mol. The third-order valence-corrected chi connectivity index (χ3v) is 5.02. The number of guanidine groups is 1. The first-order valence-corrected chi connectivity index (χ1v) is 10.1. The van der Waals surface area contributed by atoms with E-state index in [-0.39, 0.29) is 17.9 Å². The van der Waals surface area contributed by atoms with E-state index in [2.05, 4.69) is 32.7 Å². The SMILES string of the molecule is CCNC(=NCC(C)C(=O)OC)NCC(c1ccc(OC)cc1)N1CCCC1. The first kappa shape index (κ1) is 22.0. The number of carbonyl (C=O) groups excluding carboxylic acids is 1. The summed E-state index contributed by atoms with van der Waals surface area (Å²) in [5, 5.41) is 6.71. The highest BCUT2D eigenvalue weighted by atomic mass is 16.5. The molecule has 1 aromatic rings. The Balaban J connectivity index is 2.07. The maximum absolute atomic E-state index is 11.6. The molecule has 1 saturated heterocycles. The van der Waals surface area contributed by atoms with E-state index < -0.39 is 0 Å². The number of likely N-dealkylation sites (tertiary alicyclic amines) is 1. The van der Waals surface area contributed by atoms with Crippen molar-refractivity contribution in [3.63, 3.8) is 0 Å². The number of benzene rings is 1. The van der Waals surface area contributed by atoms with Crippen LogP contribution >= 0.6 is 0 Å².